The highest BCUT2D eigenvalue weighted by molar-refractivity contribution is 5.81. The van der Waals surface area contributed by atoms with Crippen molar-refractivity contribution in [1.82, 2.24) is 5.32 Å². The zero-order chi connectivity index (χ0) is 17.4. The van der Waals surface area contributed by atoms with Gasteiger partial charge in [-0.1, -0.05) is 12.1 Å². The predicted molar refractivity (Wildman–Crippen MR) is 82.9 cm³/mol. The smallest absolute Gasteiger partial charge is 0.344 e. The zero-order valence-corrected chi connectivity index (χ0v) is 13.0. The number of benzene rings is 1. The van der Waals surface area contributed by atoms with Crippen LogP contribution in [0.1, 0.15) is 24.3 Å². The number of ether oxygens (including phenoxy) is 2. The third kappa shape index (κ3) is 4.88. The molecular weight excluding hydrogens is 312 g/mol. The molecule has 0 saturated heterocycles. The van der Waals surface area contributed by atoms with Crippen molar-refractivity contribution in [3.63, 3.8) is 0 Å². The van der Waals surface area contributed by atoms with Crippen molar-refractivity contribution in [2.24, 2.45) is 0 Å². The first-order valence-electron chi connectivity index (χ1n) is 7.20. The normalized spacial score (nSPS) is 11.2. The van der Waals surface area contributed by atoms with E-state index in [4.69, 9.17) is 19.2 Å². The summed E-state index contributed by atoms with van der Waals surface area (Å²) in [4.78, 5) is 23.3. The number of nitrogens with zero attached hydrogens (tertiary/aromatic N) is 1. The summed E-state index contributed by atoms with van der Waals surface area (Å²) in [6.07, 6.45) is 1.51. The van der Waals surface area contributed by atoms with Gasteiger partial charge in [0, 0.05) is 0 Å². The highest BCUT2D eigenvalue weighted by Crippen LogP contribution is 2.16. The van der Waals surface area contributed by atoms with Crippen molar-refractivity contribution in [2.75, 3.05) is 13.2 Å². The van der Waals surface area contributed by atoms with Crippen LogP contribution in [0.3, 0.4) is 0 Å². The molecule has 0 aliphatic heterocycles. The van der Waals surface area contributed by atoms with Crippen LogP contribution in [0.25, 0.3) is 0 Å². The number of carbonyl (C=O) groups excluding carboxylic acids is 2. The summed E-state index contributed by atoms with van der Waals surface area (Å²) >= 11 is 0. The van der Waals surface area contributed by atoms with Crippen LogP contribution in [-0.4, -0.2) is 25.1 Å². The van der Waals surface area contributed by atoms with E-state index in [0.29, 0.717) is 11.3 Å². The third-order valence-electron chi connectivity index (χ3n) is 3.06. The molecule has 1 amide bonds. The Morgan fingerprint density at radius 2 is 2.04 bits per heavy atom. The molecule has 1 aromatic heterocycles. The van der Waals surface area contributed by atoms with E-state index in [-0.39, 0.29) is 18.4 Å². The summed E-state index contributed by atoms with van der Waals surface area (Å²) in [6.45, 7) is 0.938. The molecule has 0 bridgehead atoms. The molecule has 0 aliphatic carbocycles. The van der Waals surface area contributed by atoms with Gasteiger partial charge in [0.15, 0.2) is 13.2 Å². The number of carbonyl (C=O) groups is 2. The number of rotatable bonds is 7. The maximum absolute atomic E-state index is 11.7. The molecule has 0 fully saturated rings. The van der Waals surface area contributed by atoms with Gasteiger partial charge >= 0.3 is 5.97 Å². The topological polar surface area (TPSA) is 102 Å². The molecule has 24 heavy (non-hydrogen) atoms. The van der Waals surface area contributed by atoms with Gasteiger partial charge in [-0.15, -0.1) is 0 Å². The van der Waals surface area contributed by atoms with E-state index in [0.717, 1.165) is 0 Å². The highest BCUT2D eigenvalue weighted by atomic mass is 16.6. The van der Waals surface area contributed by atoms with E-state index in [2.05, 4.69) is 5.32 Å². The maximum atomic E-state index is 11.7. The molecule has 1 atom stereocenters. The van der Waals surface area contributed by atoms with Crippen LogP contribution in [0, 0.1) is 11.3 Å². The Bertz CT molecular complexity index is 734. The summed E-state index contributed by atoms with van der Waals surface area (Å²) in [5.41, 5.74) is 0.315. The van der Waals surface area contributed by atoms with Gasteiger partial charge in [0.2, 0.25) is 0 Å². The van der Waals surface area contributed by atoms with Crippen LogP contribution in [0.4, 0.5) is 0 Å². The number of furan rings is 1. The Hall–Kier alpha value is -3.27. The Morgan fingerprint density at radius 1 is 1.25 bits per heavy atom. The van der Waals surface area contributed by atoms with E-state index < -0.39 is 18.5 Å². The van der Waals surface area contributed by atoms with Crippen LogP contribution in [0.15, 0.2) is 47.1 Å². The van der Waals surface area contributed by atoms with Gasteiger partial charge in [-0.3, -0.25) is 4.79 Å². The van der Waals surface area contributed by atoms with E-state index in [1.807, 2.05) is 6.07 Å². The van der Waals surface area contributed by atoms with Gasteiger partial charge in [0.1, 0.15) is 17.6 Å². The van der Waals surface area contributed by atoms with Gasteiger partial charge in [0.05, 0.1) is 17.9 Å². The highest BCUT2D eigenvalue weighted by Gasteiger charge is 2.14. The number of nitriles is 1. The number of hydrogen-bond donors (Lipinski definition) is 1. The van der Waals surface area contributed by atoms with E-state index >= 15 is 0 Å². The molecule has 0 aliphatic rings. The molecule has 124 valence electrons. The molecule has 1 heterocycles. The lowest BCUT2D eigenvalue weighted by Crippen LogP contribution is -2.31. The largest absolute Gasteiger partial charge is 0.481 e. The molecule has 7 heteroatoms. The van der Waals surface area contributed by atoms with Gasteiger partial charge < -0.3 is 19.2 Å². The number of nitrogens with one attached hydrogen (secondary N) is 1. The summed E-state index contributed by atoms with van der Waals surface area (Å²) in [7, 11) is 0. The van der Waals surface area contributed by atoms with Crippen molar-refractivity contribution < 1.29 is 23.5 Å². The molecule has 1 N–H and O–H groups in total. The fourth-order valence-corrected chi connectivity index (χ4v) is 1.90. The van der Waals surface area contributed by atoms with Gasteiger partial charge in [-0.2, -0.15) is 5.26 Å². The van der Waals surface area contributed by atoms with E-state index in [9.17, 15) is 9.59 Å². The van der Waals surface area contributed by atoms with Crippen molar-refractivity contribution in [1.29, 1.82) is 5.26 Å². The molecule has 2 aromatic rings. The van der Waals surface area contributed by atoms with Crippen molar-refractivity contribution in [2.45, 2.75) is 13.0 Å². The second-order valence-electron chi connectivity index (χ2n) is 4.86. The molecular formula is C17H16N2O5. The minimum atomic E-state index is -0.705. The second-order valence-corrected chi connectivity index (χ2v) is 4.86. The lowest BCUT2D eigenvalue weighted by Gasteiger charge is -2.12. The fraction of sp³-hybridized carbons (Fsp3) is 0.235. The lowest BCUT2D eigenvalue weighted by atomic mass is 10.2. The van der Waals surface area contributed by atoms with Gasteiger partial charge in [0.25, 0.3) is 5.91 Å². The maximum Gasteiger partial charge on any atom is 0.344 e. The van der Waals surface area contributed by atoms with Crippen LogP contribution >= 0.6 is 0 Å². The first kappa shape index (κ1) is 17.1. The molecule has 1 aromatic carbocycles. The summed E-state index contributed by atoms with van der Waals surface area (Å²) < 4.78 is 15.2. The summed E-state index contributed by atoms with van der Waals surface area (Å²) in [6, 6.07) is 11.6. The minimum absolute atomic E-state index is 0.285. The van der Waals surface area contributed by atoms with Crippen molar-refractivity contribution >= 4 is 11.9 Å². The quantitative estimate of drug-likeness (QED) is 0.780. The molecule has 0 saturated carbocycles. The Kier molecular flexibility index (Phi) is 5.97. The molecule has 0 radical (unpaired) electrons. The second kappa shape index (κ2) is 8.39. The van der Waals surface area contributed by atoms with E-state index in [1.165, 1.54) is 6.26 Å². The molecule has 0 spiro atoms. The Balaban J connectivity index is 1.73. The van der Waals surface area contributed by atoms with Gasteiger partial charge in [-0.05, 0) is 31.2 Å². The third-order valence-corrected chi connectivity index (χ3v) is 3.06. The standard InChI is InChI=1S/C17H16N2O5/c1-12(14-7-4-8-22-14)19-16(20)10-24-17(21)11-23-15-6-3-2-5-13(15)9-18/h2-8,12H,10-11H2,1H3,(H,19,20)/t12-/m1/s1. The van der Waals surface area contributed by atoms with E-state index in [1.54, 1.807) is 43.3 Å². The van der Waals surface area contributed by atoms with Crippen LogP contribution < -0.4 is 10.1 Å². The first-order valence-corrected chi connectivity index (χ1v) is 7.20. The SMILES string of the molecule is C[C@@H](NC(=O)COC(=O)COc1ccccc1C#N)c1ccco1. The Labute approximate surface area is 138 Å². The average Bonchev–Trinajstić information content (AvgIpc) is 3.13. The van der Waals surface area contributed by atoms with Crippen molar-refractivity contribution in [3.05, 3.63) is 54.0 Å². The van der Waals surface area contributed by atoms with Crippen LogP contribution in [0.2, 0.25) is 0 Å². The predicted octanol–water partition coefficient (Wildman–Crippen LogP) is 1.95. The number of para-hydroxylation sites is 1. The molecule has 7 nitrogen and oxygen atoms in total. The molecule has 2 rings (SSSR count). The van der Waals surface area contributed by atoms with Crippen LogP contribution in [-0.2, 0) is 14.3 Å². The minimum Gasteiger partial charge on any atom is -0.481 e. The average molecular weight is 328 g/mol. The monoisotopic (exact) mass is 328 g/mol. The number of esters is 1. The zero-order valence-electron chi connectivity index (χ0n) is 13.0. The Morgan fingerprint density at radius 3 is 2.75 bits per heavy atom. The van der Waals surface area contributed by atoms with Gasteiger partial charge in [-0.25, -0.2) is 4.79 Å². The summed E-state index contributed by atoms with van der Waals surface area (Å²) in [5.74, 6) is -0.271. The molecule has 0 unspecified atom stereocenters. The number of hydrogen-bond acceptors (Lipinski definition) is 6. The van der Waals surface area contributed by atoms with Crippen molar-refractivity contribution in [3.8, 4) is 11.8 Å². The number of amides is 1. The van der Waals surface area contributed by atoms with Crippen LogP contribution in [0.5, 0.6) is 5.75 Å². The fourth-order valence-electron chi connectivity index (χ4n) is 1.90. The lowest BCUT2D eigenvalue weighted by molar-refractivity contribution is -0.150. The summed E-state index contributed by atoms with van der Waals surface area (Å²) in [5, 5.41) is 11.6. The first-order chi connectivity index (χ1) is 11.6.